The summed E-state index contributed by atoms with van der Waals surface area (Å²) in [4.78, 5) is 23.5. The molecule has 126 valence electrons. The zero-order valence-corrected chi connectivity index (χ0v) is 14.5. The van der Waals surface area contributed by atoms with Crippen molar-refractivity contribution >= 4 is 29.3 Å². The molecule has 0 unspecified atom stereocenters. The van der Waals surface area contributed by atoms with Crippen molar-refractivity contribution in [2.24, 2.45) is 0 Å². The van der Waals surface area contributed by atoms with Gasteiger partial charge in [0.05, 0.1) is 12.2 Å². The standard InChI is InChI=1S/C18H25NO3S/c1-2-22-18(21)14-8-10-15(11-9-14)19-17(20)12-13-23-16-6-4-3-5-7-16/h8-11,16H,2-7,12-13H2,1H3,(H,19,20). The molecular formula is C18H25NO3S. The summed E-state index contributed by atoms with van der Waals surface area (Å²) in [6.07, 6.45) is 7.14. The number of anilines is 1. The normalized spacial score (nSPS) is 15.2. The molecule has 5 heteroatoms. The minimum atomic E-state index is -0.339. The Morgan fingerprint density at radius 1 is 1.17 bits per heavy atom. The fourth-order valence-electron chi connectivity index (χ4n) is 2.68. The van der Waals surface area contributed by atoms with E-state index in [4.69, 9.17) is 4.74 Å². The minimum absolute atomic E-state index is 0.0252. The second kappa shape index (κ2) is 9.60. The molecule has 1 amide bonds. The van der Waals surface area contributed by atoms with Crippen LogP contribution in [0.15, 0.2) is 24.3 Å². The fraction of sp³-hybridized carbons (Fsp3) is 0.556. The molecule has 1 saturated carbocycles. The van der Waals surface area contributed by atoms with E-state index in [1.54, 1.807) is 31.2 Å². The van der Waals surface area contributed by atoms with Crippen LogP contribution < -0.4 is 5.32 Å². The number of hydrogen-bond donors (Lipinski definition) is 1. The number of ether oxygens (including phenoxy) is 1. The van der Waals surface area contributed by atoms with Crippen molar-refractivity contribution in [2.75, 3.05) is 17.7 Å². The number of hydrogen-bond acceptors (Lipinski definition) is 4. The van der Waals surface area contributed by atoms with Gasteiger partial charge in [-0.05, 0) is 44.0 Å². The van der Waals surface area contributed by atoms with Crippen molar-refractivity contribution < 1.29 is 14.3 Å². The highest BCUT2D eigenvalue weighted by Gasteiger charge is 2.14. The maximum absolute atomic E-state index is 12.0. The summed E-state index contributed by atoms with van der Waals surface area (Å²) in [6.45, 7) is 2.13. The van der Waals surface area contributed by atoms with Crippen LogP contribution in [0.1, 0.15) is 55.8 Å². The molecule has 1 aromatic rings. The van der Waals surface area contributed by atoms with Gasteiger partial charge in [0.1, 0.15) is 0 Å². The first-order valence-electron chi connectivity index (χ1n) is 8.37. The largest absolute Gasteiger partial charge is 0.462 e. The topological polar surface area (TPSA) is 55.4 Å². The van der Waals surface area contributed by atoms with Gasteiger partial charge in [0.2, 0.25) is 5.91 Å². The van der Waals surface area contributed by atoms with E-state index in [-0.39, 0.29) is 11.9 Å². The Morgan fingerprint density at radius 2 is 1.87 bits per heavy atom. The van der Waals surface area contributed by atoms with Gasteiger partial charge >= 0.3 is 5.97 Å². The molecule has 1 aromatic carbocycles. The van der Waals surface area contributed by atoms with Crippen molar-refractivity contribution in [1.29, 1.82) is 0 Å². The van der Waals surface area contributed by atoms with Gasteiger partial charge < -0.3 is 10.1 Å². The summed E-state index contributed by atoms with van der Waals surface area (Å²) in [5, 5.41) is 3.61. The zero-order chi connectivity index (χ0) is 16.5. The van der Waals surface area contributed by atoms with E-state index in [1.165, 1.54) is 32.1 Å². The van der Waals surface area contributed by atoms with E-state index in [9.17, 15) is 9.59 Å². The first kappa shape index (κ1) is 17.9. The summed E-state index contributed by atoms with van der Waals surface area (Å²) < 4.78 is 4.93. The maximum Gasteiger partial charge on any atom is 0.338 e. The van der Waals surface area contributed by atoms with E-state index < -0.39 is 0 Å². The number of esters is 1. The Hall–Kier alpha value is -1.49. The summed E-state index contributed by atoms with van der Waals surface area (Å²) >= 11 is 1.93. The van der Waals surface area contributed by atoms with Crippen molar-refractivity contribution in [3.05, 3.63) is 29.8 Å². The van der Waals surface area contributed by atoms with Gasteiger partial charge in [-0.15, -0.1) is 0 Å². The predicted molar refractivity (Wildman–Crippen MR) is 95.0 cm³/mol. The number of amides is 1. The molecule has 0 bridgehead atoms. The Labute approximate surface area is 142 Å². The van der Waals surface area contributed by atoms with Gasteiger partial charge in [-0.25, -0.2) is 4.79 Å². The molecule has 0 radical (unpaired) electrons. The number of nitrogens with one attached hydrogen (secondary N) is 1. The Bertz CT molecular complexity index is 510. The van der Waals surface area contributed by atoms with Crippen LogP contribution in [0.3, 0.4) is 0 Å². The summed E-state index contributed by atoms with van der Waals surface area (Å²) in [6, 6.07) is 6.81. The molecule has 1 fully saturated rings. The molecule has 0 aromatic heterocycles. The number of rotatable bonds is 7. The molecule has 1 aliphatic rings. The van der Waals surface area contributed by atoms with Crippen molar-refractivity contribution in [2.45, 2.75) is 50.7 Å². The monoisotopic (exact) mass is 335 g/mol. The lowest BCUT2D eigenvalue weighted by Gasteiger charge is -2.20. The number of carbonyl (C=O) groups excluding carboxylic acids is 2. The van der Waals surface area contributed by atoms with Crippen LogP contribution in [0, 0.1) is 0 Å². The van der Waals surface area contributed by atoms with E-state index in [2.05, 4.69) is 5.32 Å². The lowest BCUT2D eigenvalue weighted by Crippen LogP contribution is -2.14. The fourth-order valence-corrected chi connectivity index (χ4v) is 3.98. The van der Waals surface area contributed by atoms with Crippen LogP contribution in [-0.4, -0.2) is 29.5 Å². The smallest absolute Gasteiger partial charge is 0.338 e. The Morgan fingerprint density at radius 3 is 2.52 bits per heavy atom. The van der Waals surface area contributed by atoms with E-state index in [0.717, 1.165) is 11.0 Å². The first-order chi connectivity index (χ1) is 11.2. The minimum Gasteiger partial charge on any atom is -0.462 e. The highest BCUT2D eigenvalue weighted by molar-refractivity contribution is 7.99. The van der Waals surface area contributed by atoms with Crippen LogP contribution in [0.4, 0.5) is 5.69 Å². The van der Waals surface area contributed by atoms with Crippen molar-refractivity contribution in [1.82, 2.24) is 0 Å². The van der Waals surface area contributed by atoms with Crippen LogP contribution in [0.2, 0.25) is 0 Å². The zero-order valence-electron chi connectivity index (χ0n) is 13.7. The Balaban J connectivity index is 1.71. The molecule has 2 rings (SSSR count). The second-order valence-electron chi connectivity index (χ2n) is 5.73. The maximum atomic E-state index is 12.0. The molecular weight excluding hydrogens is 310 g/mol. The van der Waals surface area contributed by atoms with Crippen LogP contribution in [0.25, 0.3) is 0 Å². The first-order valence-corrected chi connectivity index (χ1v) is 9.42. The number of benzene rings is 1. The third-order valence-electron chi connectivity index (χ3n) is 3.91. The average Bonchev–Trinajstić information content (AvgIpc) is 2.57. The molecule has 0 aliphatic heterocycles. The van der Waals surface area contributed by atoms with Crippen molar-refractivity contribution in [3.63, 3.8) is 0 Å². The van der Waals surface area contributed by atoms with Gasteiger partial charge in [0.15, 0.2) is 0 Å². The molecule has 0 spiro atoms. The third-order valence-corrected chi connectivity index (χ3v) is 5.30. The Kier molecular flexibility index (Phi) is 7.46. The molecule has 1 aliphatic carbocycles. The molecule has 0 atom stereocenters. The van der Waals surface area contributed by atoms with E-state index in [0.29, 0.717) is 24.3 Å². The highest BCUT2D eigenvalue weighted by Crippen LogP contribution is 2.28. The lowest BCUT2D eigenvalue weighted by molar-refractivity contribution is -0.115. The van der Waals surface area contributed by atoms with Gasteiger partial charge in [-0.2, -0.15) is 11.8 Å². The van der Waals surface area contributed by atoms with E-state index in [1.807, 2.05) is 11.8 Å². The SMILES string of the molecule is CCOC(=O)c1ccc(NC(=O)CCSC2CCCCC2)cc1. The highest BCUT2D eigenvalue weighted by atomic mass is 32.2. The summed E-state index contributed by atoms with van der Waals surface area (Å²) in [5.74, 6) is 0.559. The molecule has 0 heterocycles. The van der Waals surface area contributed by atoms with Gasteiger partial charge in [-0.3, -0.25) is 4.79 Å². The van der Waals surface area contributed by atoms with Crippen molar-refractivity contribution in [3.8, 4) is 0 Å². The molecule has 23 heavy (non-hydrogen) atoms. The summed E-state index contributed by atoms with van der Waals surface area (Å²) in [7, 11) is 0. The van der Waals surface area contributed by atoms with Crippen LogP contribution in [-0.2, 0) is 9.53 Å². The predicted octanol–water partition coefficient (Wildman–Crippen LogP) is 4.26. The summed E-state index contributed by atoms with van der Waals surface area (Å²) in [5.41, 5.74) is 1.21. The van der Waals surface area contributed by atoms with Crippen LogP contribution in [0.5, 0.6) is 0 Å². The molecule has 1 N–H and O–H groups in total. The number of thioether (sulfide) groups is 1. The van der Waals surface area contributed by atoms with E-state index >= 15 is 0 Å². The van der Waals surface area contributed by atoms with Gasteiger partial charge in [0, 0.05) is 23.1 Å². The second-order valence-corrected chi connectivity index (χ2v) is 7.14. The van der Waals surface area contributed by atoms with Crippen LogP contribution >= 0.6 is 11.8 Å². The molecule has 4 nitrogen and oxygen atoms in total. The average molecular weight is 335 g/mol. The third kappa shape index (κ3) is 6.26. The molecule has 0 saturated heterocycles. The quantitative estimate of drug-likeness (QED) is 0.757. The van der Waals surface area contributed by atoms with Gasteiger partial charge in [0.25, 0.3) is 0 Å². The number of carbonyl (C=O) groups is 2. The van der Waals surface area contributed by atoms with Gasteiger partial charge in [-0.1, -0.05) is 19.3 Å². The lowest BCUT2D eigenvalue weighted by atomic mass is 10.0.